The van der Waals surface area contributed by atoms with E-state index in [0.29, 0.717) is 24.1 Å². The van der Waals surface area contributed by atoms with Gasteiger partial charge in [0.1, 0.15) is 6.04 Å². The first-order valence-corrected chi connectivity index (χ1v) is 5.25. The Labute approximate surface area is 109 Å². The molecule has 0 aliphatic carbocycles. The Hall–Kier alpha value is -1.11. The average Bonchev–Trinajstić information content (AvgIpc) is 2.30. The molecule has 0 spiro atoms. The van der Waals surface area contributed by atoms with E-state index in [0.717, 1.165) is 6.54 Å². The minimum atomic E-state index is -0.871. The van der Waals surface area contributed by atoms with Gasteiger partial charge in [-0.2, -0.15) is 0 Å². The first kappa shape index (κ1) is 14.0. The maximum absolute atomic E-state index is 11.0. The Morgan fingerprint density at radius 3 is 2.88 bits per heavy atom. The van der Waals surface area contributed by atoms with Gasteiger partial charge >= 0.3 is 5.97 Å². The van der Waals surface area contributed by atoms with Gasteiger partial charge in [-0.05, 0) is 12.1 Å². The standard InChI is InChI=1S/C9H11ClN4O2.ClH/c10-7-1-2-8(13-12-7)14-4-3-11-5-6(14)9(15)16;/h1-2,6,11H,3-5H2,(H,15,16);1H. The predicted octanol–water partition coefficient (Wildman–Crippen LogP) is 0.415. The minimum Gasteiger partial charge on any atom is -0.480 e. The van der Waals surface area contributed by atoms with Crippen LogP contribution in [0.4, 0.5) is 5.82 Å². The number of hydrogen-bond acceptors (Lipinski definition) is 5. The maximum atomic E-state index is 11.0. The molecule has 1 fully saturated rings. The summed E-state index contributed by atoms with van der Waals surface area (Å²) in [5, 5.41) is 20.0. The molecule has 1 aliphatic rings. The number of nitrogens with zero attached hydrogens (tertiary/aromatic N) is 3. The molecule has 6 nitrogen and oxygen atoms in total. The van der Waals surface area contributed by atoms with Crippen molar-refractivity contribution in [2.75, 3.05) is 24.5 Å². The fourth-order valence-corrected chi connectivity index (χ4v) is 1.76. The number of carboxylic acids is 1. The quantitative estimate of drug-likeness (QED) is 0.816. The summed E-state index contributed by atoms with van der Waals surface area (Å²) in [7, 11) is 0. The summed E-state index contributed by atoms with van der Waals surface area (Å²) in [6.07, 6.45) is 0. The topological polar surface area (TPSA) is 78.4 Å². The Morgan fingerprint density at radius 1 is 1.53 bits per heavy atom. The SMILES string of the molecule is Cl.O=C(O)C1CNCCN1c1ccc(Cl)nn1. The highest BCUT2D eigenvalue weighted by Crippen LogP contribution is 2.16. The predicted molar refractivity (Wildman–Crippen MR) is 65.9 cm³/mol. The average molecular weight is 279 g/mol. The van der Waals surface area contributed by atoms with E-state index in [1.807, 2.05) is 0 Å². The molecule has 2 heterocycles. The van der Waals surface area contributed by atoms with Crippen molar-refractivity contribution >= 4 is 35.8 Å². The fraction of sp³-hybridized carbons (Fsp3) is 0.444. The number of aliphatic carboxylic acids is 1. The Balaban J connectivity index is 0.00000144. The number of carbonyl (C=O) groups is 1. The summed E-state index contributed by atoms with van der Waals surface area (Å²) in [5.41, 5.74) is 0. The molecule has 1 atom stereocenters. The van der Waals surface area contributed by atoms with Gasteiger partial charge in [-0.1, -0.05) is 11.6 Å². The minimum absolute atomic E-state index is 0. The monoisotopic (exact) mass is 278 g/mol. The highest BCUT2D eigenvalue weighted by molar-refractivity contribution is 6.29. The van der Waals surface area contributed by atoms with Gasteiger partial charge in [-0.3, -0.25) is 0 Å². The van der Waals surface area contributed by atoms with Crippen LogP contribution in [0.5, 0.6) is 0 Å². The molecule has 0 amide bonds. The van der Waals surface area contributed by atoms with Crippen molar-refractivity contribution in [3.8, 4) is 0 Å². The van der Waals surface area contributed by atoms with Crippen molar-refractivity contribution in [1.82, 2.24) is 15.5 Å². The number of rotatable bonds is 2. The molecule has 1 aromatic heterocycles. The second-order valence-corrected chi connectivity index (χ2v) is 3.85. The molecule has 2 rings (SSSR count). The molecular weight excluding hydrogens is 267 g/mol. The molecule has 0 aromatic carbocycles. The molecule has 17 heavy (non-hydrogen) atoms. The van der Waals surface area contributed by atoms with Crippen LogP contribution in [0, 0.1) is 0 Å². The second kappa shape index (κ2) is 6.00. The van der Waals surface area contributed by atoms with Gasteiger partial charge in [0, 0.05) is 19.6 Å². The zero-order chi connectivity index (χ0) is 11.5. The zero-order valence-corrected chi connectivity index (χ0v) is 10.4. The lowest BCUT2D eigenvalue weighted by Gasteiger charge is -2.33. The van der Waals surface area contributed by atoms with E-state index < -0.39 is 12.0 Å². The third kappa shape index (κ3) is 3.18. The van der Waals surface area contributed by atoms with Crippen LogP contribution in [0.3, 0.4) is 0 Å². The highest BCUT2D eigenvalue weighted by atomic mass is 35.5. The third-order valence-electron chi connectivity index (χ3n) is 2.44. The van der Waals surface area contributed by atoms with Crippen LogP contribution in [0.25, 0.3) is 0 Å². The third-order valence-corrected chi connectivity index (χ3v) is 2.64. The molecule has 94 valence electrons. The fourth-order valence-electron chi connectivity index (χ4n) is 1.66. The second-order valence-electron chi connectivity index (χ2n) is 3.47. The number of aromatic nitrogens is 2. The largest absolute Gasteiger partial charge is 0.480 e. The van der Waals surface area contributed by atoms with Gasteiger partial charge in [0.2, 0.25) is 0 Å². The van der Waals surface area contributed by atoms with Gasteiger partial charge < -0.3 is 15.3 Å². The Bertz CT molecular complexity index is 387. The lowest BCUT2D eigenvalue weighted by atomic mass is 10.2. The lowest BCUT2D eigenvalue weighted by Crippen LogP contribution is -2.55. The zero-order valence-electron chi connectivity index (χ0n) is 8.84. The Morgan fingerprint density at radius 2 is 2.29 bits per heavy atom. The number of halogens is 2. The highest BCUT2D eigenvalue weighted by Gasteiger charge is 2.29. The van der Waals surface area contributed by atoms with Crippen molar-refractivity contribution in [3.63, 3.8) is 0 Å². The number of hydrogen-bond donors (Lipinski definition) is 2. The summed E-state index contributed by atoms with van der Waals surface area (Å²) >= 11 is 5.63. The van der Waals surface area contributed by atoms with E-state index in [9.17, 15) is 4.79 Å². The van der Waals surface area contributed by atoms with Gasteiger partial charge in [0.25, 0.3) is 0 Å². The van der Waals surface area contributed by atoms with E-state index in [4.69, 9.17) is 16.7 Å². The van der Waals surface area contributed by atoms with Crippen LogP contribution in [0.15, 0.2) is 12.1 Å². The van der Waals surface area contributed by atoms with E-state index in [2.05, 4.69) is 15.5 Å². The molecule has 1 saturated heterocycles. The first-order valence-electron chi connectivity index (χ1n) is 4.88. The summed E-state index contributed by atoms with van der Waals surface area (Å²) in [4.78, 5) is 12.8. The molecule has 1 unspecified atom stereocenters. The van der Waals surface area contributed by atoms with Crippen molar-refractivity contribution in [2.24, 2.45) is 0 Å². The molecule has 2 N–H and O–H groups in total. The van der Waals surface area contributed by atoms with E-state index in [1.165, 1.54) is 0 Å². The summed E-state index contributed by atoms with van der Waals surface area (Å²) in [5.74, 6) is -0.331. The smallest absolute Gasteiger partial charge is 0.327 e. The number of nitrogens with one attached hydrogen (secondary N) is 1. The van der Waals surface area contributed by atoms with E-state index >= 15 is 0 Å². The van der Waals surface area contributed by atoms with Crippen LogP contribution >= 0.6 is 24.0 Å². The molecule has 1 aliphatic heterocycles. The number of piperazine rings is 1. The van der Waals surface area contributed by atoms with Crippen LogP contribution in [-0.2, 0) is 4.79 Å². The van der Waals surface area contributed by atoms with Crippen LogP contribution in [0.1, 0.15) is 0 Å². The lowest BCUT2D eigenvalue weighted by molar-refractivity contribution is -0.138. The van der Waals surface area contributed by atoms with Gasteiger partial charge in [-0.25, -0.2) is 4.79 Å². The molecule has 8 heteroatoms. The van der Waals surface area contributed by atoms with E-state index in [1.54, 1.807) is 17.0 Å². The van der Waals surface area contributed by atoms with Crippen molar-refractivity contribution in [2.45, 2.75) is 6.04 Å². The van der Waals surface area contributed by atoms with Gasteiger partial charge in [-0.15, -0.1) is 22.6 Å². The maximum Gasteiger partial charge on any atom is 0.327 e. The van der Waals surface area contributed by atoms with Crippen LogP contribution in [-0.4, -0.2) is 46.9 Å². The summed E-state index contributed by atoms with van der Waals surface area (Å²) in [6.45, 7) is 1.72. The van der Waals surface area contributed by atoms with Crippen LogP contribution in [0.2, 0.25) is 5.15 Å². The number of anilines is 1. The van der Waals surface area contributed by atoms with Gasteiger partial charge in [0.15, 0.2) is 11.0 Å². The molecule has 1 aromatic rings. The molecular formula is C9H12Cl2N4O2. The summed E-state index contributed by atoms with van der Waals surface area (Å²) < 4.78 is 0. The van der Waals surface area contributed by atoms with Crippen molar-refractivity contribution < 1.29 is 9.90 Å². The van der Waals surface area contributed by atoms with E-state index in [-0.39, 0.29) is 12.4 Å². The van der Waals surface area contributed by atoms with Crippen molar-refractivity contribution in [1.29, 1.82) is 0 Å². The van der Waals surface area contributed by atoms with Gasteiger partial charge in [0.05, 0.1) is 0 Å². The molecule has 0 saturated carbocycles. The number of carboxylic acid groups (broad SMARTS) is 1. The van der Waals surface area contributed by atoms with Crippen LogP contribution < -0.4 is 10.2 Å². The Kier molecular flexibility index (Phi) is 4.92. The normalized spacial score (nSPS) is 19.6. The van der Waals surface area contributed by atoms with Crippen molar-refractivity contribution in [3.05, 3.63) is 17.3 Å². The summed E-state index contributed by atoms with van der Waals surface area (Å²) in [6, 6.07) is 2.67. The molecule has 0 radical (unpaired) electrons. The molecule has 0 bridgehead atoms. The first-order chi connectivity index (χ1) is 7.68.